The molecule has 1 aromatic rings. The van der Waals surface area contributed by atoms with Crippen molar-refractivity contribution in [1.29, 1.82) is 0 Å². The molecular weight excluding hydrogens is 280 g/mol. The van der Waals surface area contributed by atoms with Crippen LogP contribution in [0.5, 0.6) is 5.75 Å². The summed E-state index contributed by atoms with van der Waals surface area (Å²) in [5.74, 6) is -0.396. The largest absolute Gasteiger partial charge is 0.488 e. The Kier molecular flexibility index (Phi) is 4.06. The number of ether oxygens (including phenoxy) is 1. The molecule has 1 heterocycles. The molecule has 0 spiro atoms. The van der Waals surface area contributed by atoms with Crippen LogP contribution in [0.25, 0.3) is 6.08 Å². The molecule has 2 N–H and O–H groups in total. The normalized spacial score (nSPS) is 16.7. The van der Waals surface area contributed by atoms with E-state index in [1.165, 1.54) is 0 Å². The van der Waals surface area contributed by atoms with Crippen LogP contribution in [0.15, 0.2) is 17.7 Å². The van der Waals surface area contributed by atoms with Gasteiger partial charge in [0.25, 0.3) is 0 Å². The maximum atomic E-state index is 11.0. The molecule has 1 aliphatic rings. The summed E-state index contributed by atoms with van der Waals surface area (Å²) < 4.78 is 5.49. The lowest BCUT2D eigenvalue weighted by molar-refractivity contribution is -0.132. The second-order valence-corrected chi connectivity index (χ2v) is 5.61. The number of aliphatic carboxylic acids is 1. The van der Waals surface area contributed by atoms with Crippen LogP contribution >= 0.6 is 11.6 Å². The van der Waals surface area contributed by atoms with Crippen LogP contribution in [0.3, 0.4) is 0 Å². The molecule has 0 saturated heterocycles. The van der Waals surface area contributed by atoms with E-state index >= 15 is 0 Å². The smallest absolute Gasteiger partial charge is 0.335 e. The van der Waals surface area contributed by atoms with Gasteiger partial charge in [-0.3, -0.25) is 0 Å². The first-order chi connectivity index (χ1) is 9.41. The van der Waals surface area contributed by atoms with Crippen molar-refractivity contribution in [1.82, 2.24) is 0 Å². The van der Waals surface area contributed by atoms with Gasteiger partial charge in [0.2, 0.25) is 0 Å². The van der Waals surface area contributed by atoms with Crippen molar-refractivity contribution >= 4 is 23.6 Å². The fourth-order valence-electron chi connectivity index (χ4n) is 2.16. The van der Waals surface area contributed by atoms with Gasteiger partial charge < -0.3 is 14.9 Å². The maximum Gasteiger partial charge on any atom is 0.335 e. The quantitative estimate of drug-likeness (QED) is 0.896. The molecule has 0 saturated carbocycles. The Hall–Kier alpha value is -1.52. The van der Waals surface area contributed by atoms with Crippen LogP contribution < -0.4 is 4.74 Å². The molecule has 1 aromatic carbocycles. The van der Waals surface area contributed by atoms with Crippen molar-refractivity contribution in [3.63, 3.8) is 0 Å². The summed E-state index contributed by atoms with van der Waals surface area (Å²) in [7, 11) is 0. The monoisotopic (exact) mass is 296 g/mol. The first-order valence-corrected chi connectivity index (χ1v) is 6.80. The van der Waals surface area contributed by atoms with E-state index < -0.39 is 11.4 Å². The second-order valence-electron chi connectivity index (χ2n) is 5.21. The lowest BCUT2D eigenvalue weighted by Crippen LogP contribution is -2.26. The van der Waals surface area contributed by atoms with E-state index in [2.05, 4.69) is 0 Å². The molecule has 1 aliphatic heterocycles. The van der Waals surface area contributed by atoms with Gasteiger partial charge in [-0.15, -0.1) is 0 Å². The van der Waals surface area contributed by atoms with Crippen LogP contribution in [-0.4, -0.2) is 29.4 Å². The maximum absolute atomic E-state index is 11.0. The Balaban J connectivity index is 2.51. The molecule has 2 rings (SSSR count). The van der Waals surface area contributed by atoms with Gasteiger partial charge in [-0.1, -0.05) is 25.4 Å². The summed E-state index contributed by atoms with van der Waals surface area (Å²) in [5.41, 5.74) is 1.22. The molecule has 108 valence electrons. The van der Waals surface area contributed by atoms with Crippen molar-refractivity contribution in [2.75, 3.05) is 13.2 Å². The SMILES string of the molecule is CCC(C)(CO)c1cc2c(cc1Cl)C=C(C(=O)O)CO2. The van der Waals surface area contributed by atoms with E-state index in [1.807, 2.05) is 13.8 Å². The summed E-state index contributed by atoms with van der Waals surface area (Å²) in [4.78, 5) is 11.0. The highest BCUT2D eigenvalue weighted by molar-refractivity contribution is 6.31. The average Bonchev–Trinajstić information content (AvgIpc) is 2.45. The zero-order valence-corrected chi connectivity index (χ0v) is 12.2. The molecule has 4 nitrogen and oxygen atoms in total. The average molecular weight is 297 g/mol. The zero-order valence-electron chi connectivity index (χ0n) is 11.4. The fraction of sp³-hybridized carbons (Fsp3) is 0.400. The van der Waals surface area contributed by atoms with Crippen LogP contribution in [0.4, 0.5) is 0 Å². The van der Waals surface area contributed by atoms with Crippen molar-refractivity contribution in [3.05, 3.63) is 33.9 Å². The highest BCUT2D eigenvalue weighted by Crippen LogP contribution is 2.39. The minimum Gasteiger partial charge on any atom is -0.488 e. The molecule has 0 fully saturated rings. The summed E-state index contributed by atoms with van der Waals surface area (Å²) in [6, 6.07) is 3.49. The minimum atomic E-state index is -0.996. The van der Waals surface area contributed by atoms with Gasteiger partial charge in [0, 0.05) is 16.0 Å². The van der Waals surface area contributed by atoms with E-state index in [1.54, 1.807) is 18.2 Å². The highest BCUT2D eigenvalue weighted by Gasteiger charge is 2.28. The number of fused-ring (bicyclic) bond motifs is 1. The Labute approximate surface area is 122 Å². The lowest BCUT2D eigenvalue weighted by atomic mass is 9.80. The molecule has 20 heavy (non-hydrogen) atoms. The van der Waals surface area contributed by atoms with E-state index in [4.69, 9.17) is 21.4 Å². The third-order valence-electron chi connectivity index (χ3n) is 3.87. The number of halogens is 1. The number of carboxylic acids is 1. The topological polar surface area (TPSA) is 66.8 Å². The van der Waals surface area contributed by atoms with E-state index in [-0.39, 0.29) is 18.8 Å². The molecule has 5 heteroatoms. The van der Waals surface area contributed by atoms with Crippen LogP contribution in [0.1, 0.15) is 31.4 Å². The van der Waals surface area contributed by atoms with Gasteiger partial charge in [-0.25, -0.2) is 4.79 Å². The van der Waals surface area contributed by atoms with E-state index in [0.29, 0.717) is 16.3 Å². The summed E-state index contributed by atoms with van der Waals surface area (Å²) in [6.45, 7) is 3.93. The molecule has 0 radical (unpaired) electrons. The first-order valence-electron chi connectivity index (χ1n) is 6.43. The Morgan fingerprint density at radius 3 is 2.75 bits per heavy atom. The van der Waals surface area contributed by atoms with Gasteiger partial charge in [0.05, 0.1) is 12.2 Å². The van der Waals surface area contributed by atoms with Crippen molar-refractivity contribution < 1.29 is 19.7 Å². The standard InChI is InChI=1S/C15H17ClO4/c1-3-15(2,8-17)11-6-13-9(5-12(11)16)4-10(7-20-13)14(18)19/h4-6,17H,3,7-8H2,1-2H3,(H,18,19). The van der Waals surface area contributed by atoms with Crippen molar-refractivity contribution in [2.45, 2.75) is 25.7 Å². The fourth-order valence-corrected chi connectivity index (χ4v) is 2.57. The van der Waals surface area contributed by atoms with Gasteiger partial charge >= 0.3 is 5.97 Å². The number of hydrogen-bond acceptors (Lipinski definition) is 3. The third kappa shape index (κ3) is 2.53. The number of rotatable bonds is 4. The van der Waals surface area contributed by atoms with E-state index in [9.17, 15) is 9.90 Å². The number of hydrogen-bond donors (Lipinski definition) is 2. The second kappa shape index (κ2) is 5.46. The zero-order chi connectivity index (χ0) is 14.9. The number of benzene rings is 1. The minimum absolute atomic E-state index is 0.0157. The Morgan fingerprint density at radius 2 is 2.20 bits per heavy atom. The predicted octanol–water partition coefficient (Wildman–Crippen LogP) is 2.86. The van der Waals surface area contributed by atoms with Gasteiger partial charge in [-0.2, -0.15) is 0 Å². The molecule has 1 atom stereocenters. The highest BCUT2D eigenvalue weighted by atomic mass is 35.5. The number of aliphatic hydroxyl groups is 1. The molecule has 1 unspecified atom stereocenters. The van der Waals surface area contributed by atoms with E-state index in [0.717, 1.165) is 12.0 Å². The third-order valence-corrected chi connectivity index (χ3v) is 4.18. The molecule has 0 amide bonds. The summed E-state index contributed by atoms with van der Waals surface area (Å²) >= 11 is 6.29. The molecule has 0 aliphatic carbocycles. The van der Waals surface area contributed by atoms with Gasteiger partial charge in [0.1, 0.15) is 12.4 Å². The van der Waals surface area contributed by atoms with Crippen LogP contribution in [0.2, 0.25) is 5.02 Å². The lowest BCUT2D eigenvalue weighted by Gasteiger charge is -2.29. The molecular formula is C15H17ClO4. The Morgan fingerprint density at radius 1 is 1.50 bits per heavy atom. The molecule has 0 aromatic heterocycles. The van der Waals surface area contributed by atoms with Gasteiger partial charge in [0.15, 0.2) is 0 Å². The first kappa shape index (κ1) is 14.9. The van der Waals surface area contributed by atoms with Crippen LogP contribution in [-0.2, 0) is 10.2 Å². The van der Waals surface area contributed by atoms with Crippen molar-refractivity contribution in [3.8, 4) is 5.75 Å². The summed E-state index contributed by atoms with van der Waals surface area (Å²) in [6.07, 6.45) is 2.30. The van der Waals surface area contributed by atoms with Crippen LogP contribution in [0, 0.1) is 0 Å². The molecule has 0 bridgehead atoms. The van der Waals surface area contributed by atoms with Gasteiger partial charge in [-0.05, 0) is 30.2 Å². The number of carbonyl (C=O) groups is 1. The summed E-state index contributed by atoms with van der Waals surface area (Å²) in [5, 5.41) is 19.1. The Bertz CT molecular complexity index is 573. The predicted molar refractivity (Wildman–Crippen MR) is 77.3 cm³/mol. The number of aliphatic hydroxyl groups excluding tert-OH is 1. The number of carboxylic acid groups (broad SMARTS) is 1. The van der Waals surface area contributed by atoms with Crippen molar-refractivity contribution in [2.24, 2.45) is 0 Å².